The zero-order valence-electron chi connectivity index (χ0n) is 15.7. The molecule has 0 unspecified atom stereocenters. The van der Waals surface area contributed by atoms with Crippen LogP contribution in [0.25, 0.3) is 11.3 Å². The molecule has 5 nitrogen and oxygen atoms in total. The summed E-state index contributed by atoms with van der Waals surface area (Å²) < 4.78 is 28.2. The van der Waals surface area contributed by atoms with Crippen LogP contribution in [0.2, 0.25) is 5.02 Å². The first kappa shape index (κ1) is 22.8. The fourth-order valence-corrected chi connectivity index (χ4v) is 4.75. The van der Waals surface area contributed by atoms with Crippen molar-refractivity contribution in [3.63, 3.8) is 0 Å². The maximum Gasteiger partial charge on any atom is 0.242 e. The summed E-state index contributed by atoms with van der Waals surface area (Å²) in [4.78, 5) is 5.74. The van der Waals surface area contributed by atoms with Gasteiger partial charge < -0.3 is 4.57 Å². The number of rotatable bonds is 5. The van der Waals surface area contributed by atoms with Crippen molar-refractivity contribution in [1.29, 1.82) is 0 Å². The predicted octanol–water partition coefficient (Wildman–Crippen LogP) is 4.95. The lowest BCUT2D eigenvalue weighted by Crippen LogP contribution is -2.22. The predicted molar refractivity (Wildman–Crippen MR) is 121 cm³/mol. The summed E-state index contributed by atoms with van der Waals surface area (Å²) in [5.41, 5.74) is 2.38. The highest BCUT2D eigenvalue weighted by atomic mass is 79.9. The molecule has 1 heterocycles. The van der Waals surface area contributed by atoms with Crippen LogP contribution in [0.4, 0.5) is 5.69 Å². The monoisotopic (exact) mass is 501 g/mol. The second kappa shape index (κ2) is 9.37. The molecule has 0 radical (unpaired) electrons. The van der Waals surface area contributed by atoms with Gasteiger partial charge in [-0.25, -0.2) is 17.7 Å². The molecule has 0 aliphatic heterocycles. The number of sulfonamides is 1. The van der Waals surface area contributed by atoms with Crippen molar-refractivity contribution in [2.75, 3.05) is 14.1 Å². The Labute approximate surface area is 184 Å². The van der Waals surface area contributed by atoms with Crippen molar-refractivity contribution in [3.05, 3.63) is 63.7 Å². The Morgan fingerprint density at radius 2 is 1.82 bits per heavy atom. The fraction of sp³-hybridized carbons (Fsp3) is 0.211. The van der Waals surface area contributed by atoms with Crippen LogP contribution in [-0.2, 0) is 16.6 Å². The van der Waals surface area contributed by atoms with Gasteiger partial charge in [-0.1, -0.05) is 29.8 Å². The second-order valence-corrected chi connectivity index (χ2v) is 9.42. The van der Waals surface area contributed by atoms with E-state index in [1.807, 2.05) is 47.2 Å². The fourth-order valence-electron chi connectivity index (χ4n) is 2.62. The average Bonchev–Trinajstić information content (AvgIpc) is 3.05. The first-order chi connectivity index (χ1) is 12.8. The SMILES string of the molecule is Br.CCn1c(-c2cc(S(=O)(=O)N(C)C)ccc2Cl)cs/c1=N/c1ccccc1. The molecule has 0 amide bonds. The maximum atomic E-state index is 12.5. The number of halogens is 2. The summed E-state index contributed by atoms with van der Waals surface area (Å²) in [6.07, 6.45) is 0. The van der Waals surface area contributed by atoms with Crippen LogP contribution < -0.4 is 4.80 Å². The van der Waals surface area contributed by atoms with Crippen molar-refractivity contribution < 1.29 is 8.42 Å². The van der Waals surface area contributed by atoms with E-state index in [-0.39, 0.29) is 21.9 Å². The Hall–Kier alpha value is -1.45. The van der Waals surface area contributed by atoms with E-state index in [2.05, 4.69) is 0 Å². The quantitative estimate of drug-likeness (QED) is 0.496. The molecule has 9 heteroatoms. The van der Waals surface area contributed by atoms with Gasteiger partial charge >= 0.3 is 0 Å². The molecule has 2 aromatic carbocycles. The molecule has 150 valence electrons. The minimum Gasteiger partial charge on any atom is -0.317 e. The van der Waals surface area contributed by atoms with Crippen molar-refractivity contribution in [2.24, 2.45) is 4.99 Å². The van der Waals surface area contributed by atoms with Crippen molar-refractivity contribution in [2.45, 2.75) is 18.4 Å². The van der Waals surface area contributed by atoms with Gasteiger partial charge in [0, 0.05) is 31.6 Å². The summed E-state index contributed by atoms with van der Waals surface area (Å²) in [7, 11) is -0.518. The van der Waals surface area contributed by atoms with E-state index in [1.54, 1.807) is 12.1 Å². The van der Waals surface area contributed by atoms with E-state index < -0.39 is 10.0 Å². The Morgan fingerprint density at radius 3 is 2.43 bits per heavy atom. The third-order valence-electron chi connectivity index (χ3n) is 4.09. The molecule has 0 spiro atoms. The number of para-hydroxylation sites is 1. The van der Waals surface area contributed by atoms with Gasteiger partial charge in [0.1, 0.15) is 0 Å². The van der Waals surface area contributed by atoms with Gasteiger partial charge in [-0.2, -0.15) is 0 Å². The Balaban J connectivity index is 0.00000280. The minimum absolute atomic E-state index is 0. The first-order valence-corrected chi connectivity index (χ1v) is 11.0. The van der Waals surface area contributed by atoms with Crippen molar-refractivity contribution in [1.82, 2.24) is 8.87 Å². The Kier molecular flexibility index (Phi) is 7.64. The zero-order valence-corrected chi connectivity index (χ0v) is 19.8. The molecule has 0 aliphatic carbocycles. The van der Waals surface area contributed by atoms with Gasteiger partial charge in [-0.15, -0.1) is 28.3 Å². The molecule has 3 aromatic rings. The van der Waals surface area contributed by atoms with E-state index in [4.69, 9.17) is 16.6 Å². The van der Waals surface area contributed by atoms with Crippen molar-refractivity contribution >= 4 is 55.6 Å². The van der Waals surface area contributed by atoms with Crippen molar-refractivity contribution in [3.8, 4) is 11.3 Å². The van der Waals surface area contributed by atoms with E-state index >= 15 is 0 Å². The molecular weight excluding hydrogens is 482 g/mol. The normalized spacial score (nSPS) is 12.2. The molecule has 0 saturated carbocycles. The number of benzene rings is 2. The number of nitrogens with zero attached hydrogens (tertiary/aromatic N) is 3. The van der Waals surface area contributed by atoms with E-state index in [1.165, 1.54) is 35.8 Å². The van der Waals surface area contributed by atoms with Crippen LogP contribution in [0, 0.1) is 0 Å². The number of hydrogen-bond donors (Lipinski definition) is 0. The highest BCUT2D eigenvalue weighted by Gasteiger charge is 2.20. The molecular formula is C19H21BrClN3O2S2. The van der Waals surface area contributed by atoms with E-state index in [0.29, 0.717) is 17.1 Å². The second-order valence-electron chi connectivity index (χ2n) is 6.02. The molecule has 1 aromatic heterocycles. The summed E-state index contributed by atoms with van der Waals surface area (Å²) in [6.45, 7) is 2.71. The van der Waals surface area contributed by atoms with Gasteiger partial charge in [-0.3, -0.25) is 0 Å². The third-order valence-corrected chi connectivity index (χ3v) is 7.09. The lowest BCUT2D eigenvalue weighted by atomic mass is 10.1. The number of thiazole rings is 1. The summed E-state index contributed by atoms with van der Waals surface area (Å²) in [6, 6.07) is 14.5. The first-order valence-electron chi connectivity index (χ1n) is 8.35. The maximum absolute atomic E-state index is 12.5. The van der Waals surface area contributed by atoms with Crippen LogP contribution in [0.1, 0.15) is 6.92 Å². The van der Waals surface area contributed by atoms with Gasteiger partial charge in [0.15, 0.2) is 4.80 Å². The van der Waals surface area contributed by atoms with Gasteiger partial charge in [0.05, 0.1) is 21.3 Å². The van der Waals surface area contributed by atoms with Gasteiger partial charge in [-0.05, 0) is 37.3 Å². The standard InChI is InChI=1S/C19H20ClN3O2S2.BrH/c1-4-23-18(13-26-19(23)21-14-8-6-5-7-9-14)16-12-15(10-11-17(16)20)27(24,25)22(2)3;/h5-13H,4H2,1-3H3;1H/b21-19+;. The highest BCUT2D eigenvalue weighted by Crippen LogP contribution is 2.31. The molecule has 0 N–H and O–H groups in total. The molecule has 28 heavy (non-hydrogen) atoms. The molecule has 0 atom stereocenters. The van der Waals surface area contributed by atoms with E-state index in [0.717, 1.165) is 16.2 Å². The number of hydrogen-bond acceptors (Lipinski definition) is 4. The highest BCUT2D eigenvalue weighted by molar-refractivity contribution is 8.93. The topological polar surface area (TPSA) is 54.7 Å². The number of aromatic nitrogens is 1. The Morgan fingerprint density at radius 1 is 1.14 bits per heavy atom. The third kappa shape index (κ3) is 4.58. The molecule has 0 fully saturated rings. The smallest absolute Gasteiger partial charge is 0.242 e. The Bertz CT molecular complexity index is 1120. The van der Waals surface area contributed by atoms with Crippen LogP contribution >= 0.6 is 39.9 Å². The molecule has 0 bridgehead atoms. The van der Waals surface area contributed by atoms with Gasteiger partial charge in [0.2, 0.25) is 10.0 Å². The zero-order chi connectivity index (χ0) is 19.6. The summed E-state index contributed by atoms with van der Waals surface area (Å²) in [5, 5.41) is 2.46. The molecule has 3 rings (SSSR count). The lowest BCUT2D eigenvalue weighted by Gasteiger charge is -2.14. The molecule has 0 saturated heterocycles. The van der Waals surface area contributed by atoms with Crippen LogP contribution in [0.15, 0.2) is 63.8 Å². The molecule has 0 aliphatic rings. The summed E-state index contributed by atoms with van der Waals surface area (Å²) >= 11 is 7.91. The summed E-state index contributed by atoms with van der Waals surface area (Å²) in [5.74, 6) is 0. The van der Waals surface area contributed by atoms with Crippen LogP contribution in [0.3, 0.4) is 0 Å². The minimum atomic E-state index is -3.54. The van der Waals surface area contributed by atoms with Crippen LogP contribution in [-0.4, -0.2) is 31.4 Å². The largest absolute Gasteiger partial charge is 0.317 e. The average molecular weight is 503 g/mol. The van der Waals surface area contributed by atoms with Crippen LogP contribution in [0.5, 0.6) is 0 Å². The lowest BCUT2D eigenvalue weighted by molar-refractivity contribution is 0.521. The van der Waals surface area contributed by atoms with E-state index in [9.17, 15) is 8.42 Å². The van der Waals surface area contributed by atoms with Gasteiger partial charge in [0.25, 0.3) is 0 Å².